The Bertz CT molecular complexity index is 500. The highest BCUT2D eigenvalue weighted by molar-refractivity contribution is 5.77. The molecule has 2 nitrogen and oxygen atoms in total. The summed E-state index contributed by atoms with van der Waals surface area (Å²) in [6.07, 6.45) is 1.74. The van der Waals surface area contributed by atoms with E-state index in [2.05, 4.69) is 9.97 Å². The van der Waals surface area contributed by atoms with Gasteiger partial charge in [0.05, 0.1) is 5.52 Å². The number of hydrogen-bond donors (Lipinski definition) is 0. The summed E-state index contributed by atoms with van der Waals surface area (Å²) in [5.74, 6) is 0.474. The molecule has 1 aromatic heterocycles. The molecule has 0 bridgehead atoms. The Morgan fingerprint density at radius 1 is 1.20 bits per heavy atom. The first-order chi connectivity index (χ1) is 6.97. The summed E-state index contributed by atoms with van der Waals surface area (Å²) in [7, 11) is 0. The van der Waals surface area contributed by atoms with Crippen molar-refractivity contribution >= 4 is 10.9 Å². The monoisotopic (exact) mass is 204 g/mol. The molecule has 0 atom stereocenters. The number of hydrogen-bond acceptors (Lipinski definition) is 2. The zero-order valence-electron chi connectivity index (χ0n) is 9.08. The third-order valence-electron chi connectivity index (χ3n) is 2.22. The fraction of sp³-hybridized carbons (Fsp3) is 0.333. The molecule has 0 aliphatic carbocycles. The molecule has 0 saturated heterocycles. The zero-order chi connectivity index (χ0) is 11.1. The van der Waals surface area contributed by atoms with Crippen LogP contribution in [0.1, 0.15) is 26.6 Å². The molecule has 0 saturated carbocycles. The smallest absolute Gasteiger partial charge is 0.134 e. The van der Waals surface area contributed by atoms with Gasteiger partial charge in [0, 0.05) is 23.1 Å². The molecule has 0 aliphatic rings. The molecule has 0 amide bonds. The van der Waals surface area contributed by atoms with Gasteiger partial charge in [0.25, 0.3) is 0 Å². The summed E-state index contributed by atoms with van der Waals surface area (Å²) in [4.78, 5) is 8.63. The molecule has 0 aliphatic heterocycles. The van der Waals surface area contributed by atoms with Crippen LogP contribution in [0.2, 0.25) is 0 Å². The highest BCUT2D eigenvalue weighted by Crippen LogP contribution is 2.20. The average molecular weight is 204 g/mol. The van der Waals surface area contributed by atoms with Crippen molar-refractivity contribution in [3.63, 3.8) is 0 Å². The Kier molecular flexibility index (Phi) is 2.18. The second-order valence-corrected chi connectivity index (χ2v) is 4.65. The minimum Gasteiger partial charge on any atom is -0.240 e. The maximum atomic E-state index is 13.0. The molecule has 1 heterocycles. The van der Waals surface area contributed by atoms with Crippen LogP contribution in [-0.4, -0.2) is 9.97 Å². The van der Waals surface area contributed by atoms with Gasteiger partial charge in [0.1, 0.15) is 11.6 Å². The maximum Gasteiger partial charge on any atom is 0.134 e. The summed E-state index contributed by atoms with van der Waals surface area (Å²) in [6.45, 7) is 6.11. The zero-order valence-corrected chi connectivity index (χ0v) is 9.08. The molecule has 0 N–H and O–H groups in total. The van der Waals surface area contributed by atoms with E-state index in [-0.39, 0.29) is 11.2 Å². The van der Waals surface area contributed by atoms with Gasteiger partial charge >= 0.3 is 0 Å². The number of rotatable bonds is 0. The van der Waals surface area contributed by atoms with Gasteiger partial charge in [-0.2, -0.15) is 0 Å². The minimum atomic E-state index is -0.263. The quantitative estimate of drug-likeness (QED) is 0.659. The lowest BCUT2D eigenvalue weighted by molar-refractivity contribution is 0.548. The Morgan fingerprint density at radius 3 is 2.60 bits per heavy atom. The molecule has 0 unspecified atom stereocenters. The lowest BCUT2D eigenvalue weighted by Gasteiger charge is -2.16. The minimum absolute atomic E-state index is 0.111. The molecule has 0 spiro atoms. The van der Waals surface area contributed by atoms with E-state index in [9.17, 15) is 4.39 Å². The van der Waals surface area contributed by atoms with Crippen LogP contribution >= 0.6 is 0 Å². The van der Waals surface area contributed by atoms with Crippen LogP contribution in [0.4, 0.5) is 4.39 Å². The summed E-state index contributed by atoms with van der Waals surface area (Å²) < 4.78 is 13.0. The Hall–Kier alpha value is -1.51. The fourth-order valence-electron chi connectivity index (χ4n) is 1.36. The lowest BCUT2D eigenvalue weighted by Crippen LogP contribution is -2.15. The molecular weight excluding hydrogens is 191 g/mol. The van der Waals surface area contributed by atoms with Crippen molar-refractivity contribution in [3.05, 3.63) is 36.0 Å². The van der Waals surface area contributed by atoms with Gasteiger partial charge in [-0.25, -0.2) is 14.4 Å². The average Bonchev–Trinajstić information content (AvgIpc) is 2.15. The standard InChI is InChI=1S/C12H13FN2/c1-12(2,3)11-14-7-8-4-5-9(13)6-10(8)15-11/h4-7H,1-3H3. The normalized spacial score (nSPS) is 12.0. The fourth-order valence-corrected chi connectivity index (χ4v) is 1.36. The molecule has 3 heteroatoms. The van der Waals surface area contributed by atoms with Crippen LogP contribution in [0, 0.1) is 5.82 Å². The second kappa shape index (κ2) is 3.26. The van der Waals surface area contributed by atoms with E-state index in [1.165, 1.54) is 12.1 Å². The molecule has 78 valence electrons. The van der Waals surface area contributed by atoms with E-state index in [4.69, 9.17) is 0 Å². The lowest BCUT2D eigenvalue weighted by atomic mass is 9.95. The van der Waals surface area contributed by atoms with Crippen LogP contribution in [0.25, 0.3) is 10.9 Å². The van der Waals surface area contributed by atoms with Crippen molar-refractivity contribution in [1.29, 1.82) is 0 Å². The molecule has 15 heavy (non-hydrogen) atoms. The van der Waals surface area contributed by atoms with E-state index in [0.717, 1.165) is 11.2 Å². The van der Waals surface area contributed by atoms with E-state index in [1.807, 2.05) is 20.8 Å². The predicted octanol–water partition coefficient (Wildman–Crippen LogP) is 3.07. The Morgan fingerprint density at radius 2 is 1.93 bits per heavy atom. The first-order valence-electron chi connectivity index (χ1n) is 4.89. The Labute approximate surface area is 88.2 Å². The van der Waals surface area contributed by atoms with Gasteiger partial charge in [-0.1, -0.05) is 20.8 Å². The van der Waals surface area contributed by atoms with Crippen molar-refractivity contribution < 1.29 is 4.39 Å². The van der Waals surface area contributed by atoms with Crippen molar-refractivity contribution in [2.75, 3.05) is 0 Å². The second-order valence-electron chi connectivity index (χ2n) is 4.65. The number of benzene rings is 1. The van der Waals surface area contributed by atoms with Gasteiger partial charge in [-0.15, -0.1) is 0 Å². The third-order valence-corrected chi connectivity index (χ3v) is 2.22. The summed E-state index contributed by atoms with van der Waals surface area (Å²) in [5.41, 5.74) is 0.551. The van der Waals surface area contributed by atoms with Crippen LogP contribution in [-0.2, 0) is 5.41 Å². The molecule has 2 rings (SSSR count). The predicted molar refractivity (Wildman–Crippen MR) is 58.2 cm³/mol. The highest BCUT2D eigenvalue weighted by atomic mass is 19.1. The molecule has 0 fully saturated rings. The topological polar surface area (TPSA) is 25.8 Å². The summed E-state index contributed by atoms with van der Waals surface area (Å²) in [5, 5.41) is 0.865. The van der Waals surface area contributed by atoms with Gasteiger partial charge < -0.3 is 0 Å². The number of fused-ring (bicyclic) bond motifs is 1. The van der Waals surface area contributed by atoms with Crippen LogP contribution < -0.4 is 0 Å². The highest BCUT2D eigenvalue weighted by Gasteiger charge is 2.17. The SMILES string of the molecule is CC(C)(C)c1ncc2ccc(F)cc2n1. The van der Waals surface area contributed by atoms with Gasteiger partial charge in [0.2, 0.25) is 0 Å². The summed E-state index contributed by atoms with van der Waals surface area (Å²) >= 11 is 0. The number of halogens is 1. The largest absolute Gasteiger partial charge is 0.240 e. The first-order valence-corrected chi connectivity index (χ1v) is 4.89. The van der Waals surface area contributed by atoms with Gasteiger partial charge in [0.15, 0.2) is 0 Å². The molecule has 1 aromatic carbocycles. The van der Waals surface area contributed by atoms with Crippen molar-refractivity contribution in [2.45, 2.75) is 26.2 Å². The van der Waals surface area contributed by atoms with Crippen LogP contribution in [0.5, 0.6) is 0 Å². The molecule has 2 aromatic rings. The van der Waals surface area contributed by atoms with Gasteiger partial charge in [-0.05, 0) is 12.1 Å². The maximum absolute atomic E-state index is 13.0. The van der Waals surface area contributed by atoms with E-state index >= 15 is 0 Å². The molecular formula is C12H13FN2. The van der Waals surface area contributed by atoms with Crippen molar-refractivity contribution in [3.8, 4) is 0 Å². The van der Waals surface area contributed by atoms with E-state index < -0.39 is 0 Å². The number of nitrogens with zero attached hydrogens (tertiary/aromatic N) is 2. The number of aromatic nitrogens is 2. The first kappa shape index (κ1) is 10.0. The van der Waals surface area contributed by atoms with E-state index in [1.54, 1.807) is 12.3 Å². The van der Waals surface area contributed by atoms with E-state index in [0.29, 0.717) is 5.52 Å². The molecule has 0 radical (unpaired) electrons. The third kappa shape index (κ3) is 1.96. The van der Waals surface area contributed by atoms with Crippen molar-refractivity contribution in [2.24, 2.45) is 0 Å². The van der Waals surface area contributed by atoms with Crippen LogP contribution in [0.15, 0.2) is 24.4 Å². The van der Waals surface area contributed by atoms with Crippen molar-refractivity contribution in [1.82, 2.24) is 9.97 Å². The van der Waals surface area contributed by atoms with Crippen LogP contribution in [0.3, 0.4) is 0 Å². The summed E-state index contributed by atoms with van der Waals surface area (Å²) in [6, 6.07) is 4.55. The Balaban J connectivity index is 2.64. The van der Waals surface area contributed by atoms with Gasteiger partial charge in [-0.3, -0.25) is 0 Å².